The summed E-state index contributed by atoms with van der Waals surface area (Å²) in [6.07, 6.45) is 1.06. The quantitative estimate of drug-likeness (QED) is 0.824. The molecule has 0 bridgehead atoms. The van der Waals surface area contributed by atoms with E-state index in [1.54, 1.807) is 17.0 Å². The van der Waals surface area contributed by atoms with Gasteiger partial charge in [0.25, 0.3) is 5.89 Å². The molecule has 0 aliphatic carbocycles. The third-order valence-electron chi connectivity index (χ3n) is 3.21. The van der Waals surface area contributed by atoms with E-state index >= 15 is 0 Å². The van der Waals surface area contributed by atoms with Crippen LogP contribution in [-0.2, 0) is 11.3 Å². The molecule has 1 aliphatic heterocycles. The van der Waals surface area contributed by atoms with Gasteiger partial charge in [0.2, 0.25) is 0 Å². The molecule has 2 atom stereocenters. The SMILES string of the molecule is O=C(O)C1CC(O)CN1Cc1noc(-c2ccco2)n1. The first kappa shape index (κ1) is 12.8. The highest BCUT2D eigenvalue weighted by Gasteiger charge is 2.36. The lowest BCUT2D eigenvalue weighted by Gasteiger charge is -2.18. The Kier molecular flexibility index (Phi) is 3.25. The van der Waals surface area contributed by atoms with E-state index in [4.69, 9.17) is 14.0 Å². The summed E-state index contributed by atoms with van der Waals surface area (Å²) in [5, 5.41) is 22.5. The number of hydrogen-bond donors (Lipinski definition) is 2. The van der Waals surface area contributed by atoms with Crippen LogP contribution in [0.1, 0.15) is 12.2 Å². The molecule has 0 saturated carbocycles. The van der Waals surface area contributed by atoms with Crippen LogP contribution in [0.15, 0.2) is 27.3 Å². The van der Waals surface area contributed by atoms with E-state index in [1.165, 1.54) is 6.26 Å². The molecule has 2 aromatic heterocycles. The number of aliphatic hydroxyl groups excluding tert-OH is 1. The van der Waals surface area contributed by atoms with E-state index in [9.17, 15) is 9.90 Å². The van der Waals surface area contributed by atoms with Crippen LogP contribution in [0.25, 0.3) is 11.7 Å². The summed E-state index contributed by atoms with van der Waals surface area (Å²) in [5.41, 5.74) is 0. The normalized spacial score (nSPS) is 23.2. The molecule has 0 aromatic carbocycles. The zero-order valence-electron chi connectivity index (χ0n) is 10.5. The number of carbonyl (C=O) groups is 1. The molecule has 0 radical (unpaired) electrons. The van der Waals surface area contributed by atoms with Crippen LogP contribution in [0.3, 0.4) is 0 Å². The molecule has 1 aliphatic rings. The van der Waals surface area contributed by atoms with Gasteiger partial charge in [-0.1, -0.05) is 5.16 Å². The number of hydrogen-bond acceptors (Lipinski definition) is 7. The Morgan fingerprint density at radius 2 is 2.40 bits per heavy atom. The van der Waals surface area contributed by atoms with E-state index in [-0.39, 0.29) is 25.4 Å². The first-order chi connectivity index (χ1) is 9.63. The zero-order chi connectivity index (χ0) is 14.1. The maximum atomic E-state index is 11.1. The maximum absolute atomic E-state index is 11.1. The summed E-state index contributed by atoms with van der Waals surface area (Å²) < 4.78 is 10.2. The number of furan rings is 1. The monoisotopic (exact) mass is 279 g/mol. The molecule has 0 amide bonds. The number of likely N-dealkylation sites (tertiary alicyclic amines) is 1. The van der Waals surface area contributed by atoms with E-state index in [1.807, 2.05) is 0 Å². The van der Waals surface area contributed by atoms with Gasteiger partial charge in [0.15, 0.2) is 11.6 Å². The topological polar surface area (TPSA) is 113 Å². The lowest BCUT2D eigenvalue weighted by Crippen LogP contribution is -2.35. The molecule has 1 saturated heterocycles. The third-order valence-corrected chi connectivity index (χ3v) is 3.21. The Labute approximate surface area is 113 Å². The fraction of sp³-hybridized carbons (Fsp3) is 0.417. The first-order valence-corrected chi connectivity index (χ1v) is 6.15. The molecular formula is C12H13N3O5. The van der Waals surface area contributed by atoms with Crippen molar-refractivity contribution in [2.24, 2.45) is 0 Å². The van der Waals surface area contributed by atoms with Gasteiger partial charge in [-0.15, -0.1) is 0 Å². The fourth-order valence-electron chi connectivity index (χ4n) is 2.31. The number of β-amino-alcohol motifs (C(OH)–C–C–N with tert-alkyl or cyclic N) is 1. The summed E-state index contributed by atoms with van der Waals surface area (Å²) in [6, 6.07) is 2.67. The van der Waals surface area contributed by atoms with Crippen molar-refractivity contribution in [3.8, 4) is 11.7 Å². The minimum atomic E-state index is -0.962. The Morgan fingerprint density at radius 1 is 1.55 bits per heavy atom. The molecule has 106 valence electrons. The molecule has 3 heterocycles. The molecule has 20 heavy (non-hydrogen) atoms. The van der Waals surface area contributed by atoms with Crippen molar-refractivity contribution in [2.75, 3.05) is 6.54 Å². The highest BCUT2D eigenvalue weighted by Crippen LogP contribution is 2.22. The summed E-state index contributed by atoms with van der Waals surface area (Å²) in [5.74, 6) is 0.102. The largest absolute Gasteiger partial charge is 0.480 e. The number of carboxylic acids is 1. The van der Waals surface area contributed by atoms with Gasteiger partial charge in [-0.3, -0.25) is 9.69 Å². The Balaban J connectivity index is 1.73. The number of nitrogens with zero attached hydrogens (tertiary/aromatic N) is 3. The minimum Gasteiger partial charge on any atom is -0.480 e. The molecule has 2 unspecified atom stereocenters. The second-order valence-corrected chi connectivity index (χ2v) is 4.67. The molecule has 1 fully saturated rings. The Bertz CT molecular complexity index is 594. The highest BCUT2D eigenvalue weighted by molar-refractivity contribution is 5.74. The number of aromatic nitrogens is 2. The van der Waals surface area contributed by atoms with Crippen molar-refractivity contribution in [3.05, 3.63) is 24.2 Å². The van der Waals surface area contributed by atoms with Crippen LogP contribution >= 0.6 is 0 Å². The molecular weight excluding hydrogens is 266 g/mol. The van der Waals surface area contributed by atoms with Crippen LogP contribution < -0.4 is 0 Å². The lowest BCUT2D eigenvalue weighted by molar-refractivity contribution is -0.142. The summed E-state index contributed by atoms with van der Waals surface area (Å²) in [6.45, 7) is 0.486. The molecule has 0 spiro atoms. The van der Waals surface area contributed by atoms with Gasteiger partial charge in [-0.25, -0.2) is 0 Å². The van der Waals surface area contributed by atoms with Gasteiger partial charge < -0.3 is 19.2 Å². The van der Waals surface area contributed by atoms with Crippen molar-refractivity contribution < 1.29 is 23.9 Å². The second kappa shape index (κ2) is 5.06. The van der Waals surface area contributed by atoms with Gasteiger partial charge in [0.1, 0.15) is 6.04 Å². The summed E-state index contributed by atoms with van der Waals surface area (Å²) >= 11 is 0. The summed E-state index contributed by atoms with van der Waals surface area (Å²) in [4.78, 5) is 16.9. The highest BCUT2D eigenvalue weighted by atomic mass is 16.5. The zero-order valence-corrected chi connectivity index (χ0v) is 10.5. The van der Waals surface area contributed by atoms with Crippen molar-refractivity contribution in [2.45, 2.75) is 25.1 Å². The van der Waals surface area contributed by atoms with Crippen molar-refractivity contribution in [1.29, 1.82) is 0 Å². The molecule has 3 rings (SSSR count). The predicted octanol–water partition coefficient (Wildman–Crippen LogP) is 0.349. The number of aliphatic hydroxyl groups is 1. The van der Waals surface area contributed by atoms with E-state index in [0.29, 0.717) is 11.6 Å². The first-order valence-electron chi connectivity index (χ1n) is 6.15. The lowest BCUT2D eigenvalue weighted by atomic mass is 10.2. The number of rotatable bonds is 4. The van der Waals surface area contributed by atoms with Crippen LogP contribution in [-0.4, -0.2) is 49.9 Å². The van der Waals surface area contributed by atoms with Gasteiger partial charge in [-0.2, -0.15) is 4.98 Å². The average Bonchev–Trinajstić information content (AvgIpc) is 3.09. The van der Waals surface area contributed by atoms with Crippen molar-refractivity contribution in [1.82, 2.24) is 15.0 Å². The third kappa shape index (κ3) is 2.43. The smallest absolute Gasteiger partial charge is 0.321 e. The van der Waals surface area contributed by atoms with Gasteiger partial charge >= 0.3 is 5.97 Å². The molecule has 2 N–H and O–H groups in total. The number of carboxylic acid groups (broad SMARTS) is 1. The van der Waals surface area contributed by atoms with E-state index in [0.717, 1.165) is 0 Å². The number of aliphatic carboxylic acids is 1. The molecule has 8 nitrogen and oxygen atoms in total. The Hall–Kier alpha value is -2.19. The van der Waals surface area contributed by atoms with Crippen LogP contribution in [0.2, 0.25) is 0 Å². The van der Waals surface area contributed by atoms with Crippen molar-refractivity contribution >= 4 is 5.97 Å². The second-order valence-electron chi connectivity index (χ2n) is 4.67. The van der Waals surface area contributed by atoms with Gasteiger partial charge in [0.05, 0.1) is 18.9 Å². The fourth-order valence-corrected chi connectivity index (χ4v) is 2.31. The minimum absolute atomic E-state index is 0.207. The molecule has 2 aromatic rings. The maximum Gasteiger partial charge on any atom is 0.321 e. The van der Waals surface area contributed by atoms with Gasteiger partial charge in [0, 0.05) is 13.0 Å². The van der Waals surface area contributed by atoms with Crippen LogP contribution in [0.4, 0.5) is 0 Å². The summed E-state index contributed by atoms with van der Waals surface area (Å²) in [7, 11) is 0. The average molecular weight is 279 g/mol. The van der Waals surface area contributed by atoms with E-state index < -0.39 is 18.1 Å². The van der Waals surface area contributed by atoms with Gasteiger partial charge in [-0.05, 0) is 12.1 Å². The Morgan fingerprint density at radius 3 is 3.10 bits per heavy atom. The van der Waals surface area contributed by atoms with Crippen LogP contribution in [0, 0.1) is 0 Å². The van der Waals surface area contributed by atoms with Crippen molar-refractivity contribution in [3.63, 3.8) is 0 Å². The standard InChI is InChI=1S/C12H13N3O5/c16-7-4-8(12(17)18)15(5-7)6-10-13-11(20-14-10)9-2-1-3-19-9/h1-3,7-8,16H,4-6H2,(H,17,18). The molecule has 8 heteroatoms. The predicted molar refractivity (Wildman–Crippen MR) is 64.5 cm³/mol. The van der Waals surface area contributed by atoms with Crippen LogP contribution in [0.5, 0.6) is 0 Å². The van der Waals surface area contributed by atoms with E-state index in [2.05, 4.69) is 10.1 Å².